The van der Waals surface area contributed by atoms with E-state index in [0.29, 0.717) is 26.2 Å². The highest BCUT2D eigenvalue weighted by Crippen LogP contribution is 2.30. The van der Waals surface area contributed by atoms with Crippen molar-refractivity contribution >= 4 is 5.91 Å². The lowest BCUT2D eigenvalue weighted by Gasteiger charge is -2.40. The average Bonchev–Trinajstić information content (AvgIpc) is 2.79. The Balaban J connectivity index is 1.55. The molecule has 6 heteroatoms. The first-order valence-electron chi connectivity index (χ1n) is 10.2. The van der Waals surface area contributed by atoms with Crippen molar-refractivity contribution in [2.75, 3.05) is 26.2 Å². The lowest BCUT2D eigenvalue weighted by atomic mass is 9.96. The van der Waals surface area contributed by atoms with Crippen LogP contribution in [0.4, 0.5) is 13.2 Å². The quantitative estimate of drug-likeness (QED) is 0.591. The van der Waals surface area contributed by atoms with Crippen LogP contribution in [0.25, 0.3) is 0 Å². The molecule has 0 spiro atoms. The highest BCUT2D eigenvalue weighted by molar-refractivity contribution is 5.95. The molecule has 0 radical (unpaired) electrons. The van der Waals surface area contributed by atoms with Crippen LogP contribution in [-0.2, 0) is 0 Å². The Morgan fingerprint density at radius 3 is 2.06 bits per heavy atom. The third kappa shape index (κ3) is 4.35. The molecule has 1 aliphatic heterocycles. The number of hydrogen-bond acceptors (Lipinski definition) is 2. The Morgan fingerprint density at radius 1 is 0.806 bits per heavy atom. The summed E-state index contributed by atoms with van der Waals surface area (Å²) < 4.78 is 42.1. The van der Waals surface area contributed by atoms with Gasteiger partial charge in [-0.25, -0.2) is 13.2 Å². The van der Waals surface area contributed by atoms with Gasteiger partial charge in [0.1, 0.15) is 23.0 Å². The Labute approximate surface area is 179 Å². The maximum atomic E-state index is 14.4. The van der Waals surface area contributed by atoms with Gasteiger partial charge in [0.05, 0.1) is 6.04 Å². The minimum atomic E-state index is -0.844. The number of carbonyl (C=O) groups excluding carboxylic acids is 1. The molecule has 0 bridgehead atoms. The van der Waals surface area contributed by atoms with Crippen molar-refractivity contribution in [1.29, 1.82) is 0 Å². The van der Waals surface area contributed by atoms with Crippen LogP contribution < -0.4 is 0 Å². The topological polar surface area (TPSA) is 23.6 Å². The van der Waals surface area contributed by atoms with Gasteiger partial charge in [0.2, 0.25) is 0 Å². The van der Waals surface area contributed by atoms with Crippen molar-refractivity contribution in [3.05, 3.63) is 106 Å². The summed E-state index contributed by atoms with van der Waals surface area (Å²) >= 11 is 0. The van der Waals surface area contributed by atoms with Gasteiger partial charge >= 0.3 is 0 Å². The lowest BCUT2D eigenvalue weighted by Crippen LogP contribution is -2.50. The summed E-state index contributed by atoms with van der Waals surface area (Å²) in [5.74, 6) is -2.57. The molecular formula is C25H23F3N2O. The highest BCUT2D eigenvalue weighted by Gasteiger charge is 2.31. The van der Waals surface area contributed by atoms with Crippen LogP contribution in [0.5, 0.6) is 0 Å². The van der Waals surface area contributed by atoms with Gasteiger partial charge in [0, 0.05) is 26.2 Å². The maximum absolute atomic E-state index is 14.4. The molecule has 0 aliphatic carbocycles. The number of carbonyl (C=O) groups is 1. The van der Waals surface area contributed by atoms with Gasteiger partial charge in [-0.1, -0.05) is 48.5 Å². The van der Waals surface area contributed by atoms with Gasteiger partial charge in [-0.05, 0) is 41.8 Å². The minimum Gasteiger partial charge on any atom is -0.336 e. The SMILES string of the molecule is Cc1ccc(F)c(C(=O)N2CCN([C@H](c3ccccc3)c3ccc(F)cc3)CC2)c1F. The van der Waals surface area contributed by atoms with E-state index in [1.54, 1.807) is 12.1 Å². The summed E-state index contributed by atoms with van der Waals surface area (Å²) in [4.78, 5) is 16.5. The maximum Gasteiger partial charge on any atom is 0.259 e. The third-order valence-electron chi connectivity index (χ3n) is 5.77. The number of aryl methyl sites for hydroxylation is 1. The first-order valence-corrected chi connectivity index (χ1v) is 10.2. The number of rotatable bonds is 4. The molecule has 1 atom stereocenters. The number of hydrogen-bond donors (Lipinski definition) is 0. The van der Waals surface area contributed by atoms with E-state index in [9.17, 15) is 18.0 Å². The second-order valence-corrected chi connectivity index (χ2v) is 7.75. The zero-order valence-electron chi connectivity index (χ0n) is 17.2. The number of halogens is 3. The second-order valence-electron chi connectivity index (χ2n) is 7.75. The predicted molar refractivity (Wildman–Crippen MR) is 113 cm³/mol. The minimum absolute atomic E-state index is 0.105. The van der Waals surface area contributed by atoms with Crippen molar-refractivity contribution < 1.29 is 18.0 Å². The van der Waals surface area contributed by atoms with Gasteiger partial charge < -0.3 is 4.90 Å². The van der Waals surface area contributed by atoms with Gasteiger partial charge in [-0.15, -0.1) is 0 Å². The fraction of sp³-hybridized carbons (Fsp3) is 0.240. The van der Waals surface area contributed by atoms with Crippen molar-refractivity contribution in [1.82, 2.24) is 9.80 Å². The van der Waals surface area contributed by atoms with Crippen LogP contribution in [0.2, 0.25) is 0 Å². The lowest BCUT2D eigenvalue weighted by molar-refractivity contribution is 0.0588. The number of benzene rings is 3. The fourth-order valence-electron chi connectivity index (χ4n) is 4.09. The molecule has 31 heavy (non-hydrogen) atoms. The smallest absolute Gasteiger partial charge is 0.259 e. The van der Waals surface area contributed by atoms with Crippen LogP contribution in [-0.4, -0.2) is 41.9 Å². The monoisotopic (exact) mass is 424 g/mol. The predicted octanol–water partition coefficient (Wildman–Crippen LogP) is 4.96. The molecule has 3 nitrogen and oxygen atoms in total. The molecule has 3 aromatic rings. The van der Waals surface area contributed by atoms with Crippen molar-refractivity contribution in [2.24, 2.45) is 0 Å². The van der Waals surface area contributed by atoms with E-state index in [4.69, 9.17) is 0 Å². The van der Waals surface area contributed by atoms with E-state index < -0.39 is 23.1 Å². The largest absolute Gasteiger partial charge is 0.336 e. The molecule has 1 aliphatic rings. The van der Waals surface area contributed by atoms with Crippen molar-refractivity contribution in [2.45, 2.75) is 13.0 Å². The summed E-state index contributed by atoms with van der Waals surface area (Å²) in [6, 6.07) is 18.6. The molecule has 0 unspecified atom stereocenters. The molecule has 0 saturated carbocycles. The third-order valence-corrected chi connectivity index (χ3v) is 5.77. The molecule has 160 valence electrons. The van der Waals surface area contributed by atoms with E-state index in [0.717, 1.165) is 17.2 Å². The number of piperazine rings is 1. The second kappa shape index (κ2) is 8.94. The van der Waals surface area contributed by atoms with E-state index in [2.05, 4.69) is 4.90 Å². The average molecular weight is 424 g/mol. The summed E-state index contributed by atoms with van der Waals surface area (Å²) in [5.41, 5.74) is 1.75. The zero-order valence-corrected chi connectivity index (χ0v) is 17.2. The van der Waals surface area contributed by atoms with Crippen LogP contribution in [0.15, 0.2) is 66.7 Å². The Hall–Kier alpha value is -3.12. The van der Waals surface area contributed by atoms with E-state index in [1.807, 2.05) is 30.3 Å². The highest BCUT2D eigenvalue weighted by atomic mass is 19.1. The molecule has 1 amide bonds. The summed E-state index contributed by atoms with van der Waals surface area (Å²) in [7, 11) is 0. The molecule has 1 saturated heterocycles. The first-order chi connectivity index (χ1) is 15.0. The number of amides is 1. The van der Waals surface area contributed by atoms with Gasteiger partial charge in [0.15, 0.2) is 0 Å². The van der Waals surface area contributed by atoms with Crippen molar-refractivity contribution in [3.8, 4) is 0 Å². The summed E-state index contributed by atoms with van der Waals surface area (Å²) in [5, 5.41) is 0. The first kappa shape index (κ1) is 21.1. The van der Waals surface area contributed by atoms with Gasteiger partial charge in [-0.3, -0.25) is 9.69 Å². The molecule has 0 aromatic heterocycles. The van der Waals surface area contributed by atoms with Crippen molar-refractivity contribution in [3.63, 3.8) is 0 Å². The molecule has 1 fully saturated rings. The van der Waals surface area contributed by atoms with E-state index in [-0.39, 0.29) is 17.4 Å². The number of nitrogens with zero attached hydrogens (tertiary/aromatic N) is 2. The van der Waals surface area contributed by atoms with E-state index in [1.165, 1.54) is 30.0 Å². The molecule has 4 rings (SSSR count). The Bertz CT molecular complexity index is 1060. The Morgan fingerprint density at radius 2 is 1.42 bits per heavy atom. The summed E-state index contributed by atoms with van der Waals surface area (Å²) in [6.07, 6.45) is 0. The van der Waals surface area contributed by atoms with E-state index >= 15 is 0 Å². The van der Waals surface area contributed by atoms with Crippen LogP contribution >= 0.6 is 0 Å². The standard InChI is InChI=1S/C25H23F3N2O/c1-17-7-12-21(27)22(23(17)28)25(31)30-15-13-29(14-16-30)24(18-5-3-2-4-6-18)19-8-10-20(26)11-9-19/h2-12,24H,13-16H2,1H3/t24-/m1/s1. The zero-order chi connectivity index (χ0) is 22.0. The fourth-order valence-corrected chi connectivity index (χ4v) is 4.09. The van der Waals surface area contributed by atoms with Crippen LogP contribution in [0.3, 0.4) is 0 Å². The molecule has 0 N–H and O–H groups in total. The molecule has 3 aromatic carbocycles. The van der Waals surface area contributed by atoms with Crippen LogP contribution in [0, 0.1) is 24.4 Å². The molecule has 1 heterocycles. The van der Waals surface area contributed by atoms with Gasteiger partial charge in [0.25, 0.3) is 5.91 Å². The summed E-state index contributed by atoms with van der Waals surface area (Å²) in [6.45, 7) is 3.25. The Kier molecular flexibility index (Phi) is 6.09. The van der Waals surface area contributed by atoms with Gasteiger partial charge in [-0.2, -0.15) is 0 Å². The normalized spacial score (nSPS) is 15.7. The van der Waals surface area contributed by atoms with Crippen LogP contribution in [0.1, 0.15) is 33.1 Å². The molecular weight excluding hydrogens is 401 g/mol.